The Morgan fingerprint density at radius 3 is 1.01 bits per heavy atom. The van der Waals surface area contributed by atoms with Crippen LogP contribution in [0.3, 0.4) is 0 Å². The van der Waals surface area contributed by atoms with Crippen LogP contribution in [0.15, 0.2) is 0 Å². The first-order chi connectivity index (χ1) is 47.8. The second-order valence-electron chi connectivity index (χ2n) is 25.4. The summed E-state index contributed by atoms with van der Waals surface area (Å²) in [6.45, 7) is -5.07. The Balaban J connectivity index is 1.28. The SMILES string of the molecule is CC(=O)N[C@@H]1[C@@H](O)[C@H](O[C@@H]2O[C@H](CO[C@H]3O[C@H](CO)[C@@H](O)[C@H](O[C@H]4O[C@H](CO)[C@@H](O)[C@H](O)[C@@H]4O)[C@@H]3O)[C@@H](O[C@@H]3O[C@H](CO)[C@@H](O)[C@H](O)[C@H]3NC(C)=O)[C@H](O[C@H]3O[C@H](CO)[C@@H](O[C@@H]4O[C@H](CO)[C@@H](O)[C@H](O)[C@H]4NC(C)=O)[C@H](O)[C@@H]3O[C@@H]3O[C@H](CO)[C@@H](O)[C@H](O)[C@H]3NC(C)=O)[C@@H]2O)[C@@H](CO)O[C@H]1O. The first-order valence-electron chi connectivity index (χ1n) is 32.1. The molecule has 0 saturated carbocycles. The lowest BCUT2D eigenvalue weighted by Crippen LogP contribution is -2.71. The monoisotopic (exact) mass is 1480 g/mol. The smallest absolute Gasteiger partial charge is 0.217 e. The fourth-order valence-electron chi connectivity index (χ4n) is 13.0. The van der Waals surface area contributed by atoms with Crippen LogP contribution < -0.4 is 21.3 Å². The van der Waals surface area contributed by atoms with Crippen LogP contribution >= 0.6 is 0 Å². The van der Waals surface area contributed by atoms with Crippen LogP contribution in [-0.4, -0.2) is 434 Å². The minimum atomic E-state index is -2.63. The van der Waals surface area contributed by atoms with Gasteiger partial charge in [-0.3, -0.25) is 19.2 Å². The molecular formula is C56H94N4O41. The number of rotatable bonds is 26. The van der Waals surface area contributed by atoms with Gasteiger partial charge in [0.1, 0.15) is 195 Å². The molecule has 0 unspecified atom stereocenters. The van der Waals surface area contributed by atoms with E-state index in [0.29, 0.717) is 0 Å². The molecule has 0 spiro atoms. The largest absolute Gasteiger partial charge is 0.394 e. The maximum Gasteiger partial charge on any atom is 0.217 e. The molecule has 45 heteroatoms. The molecule has 45 nitrogen and oxygen atoms in total. The van der Waals surface area contributed by atoms with E-state index in [2.05, 4.69) is 21.3 Å². The summed E-state index contributed by atoms with van der Waals surface area (Å²) in [5.41, 5.74) is 0. The van der Waals surface area contributed by atoms with Crippen LogP contribution in [0, 0.1) is 0 Å². The topological polar surface area (TPSA) is 700 Å². The van der Waals surface area contributed by atoms with Crippen molar-refractivity contribution < 1.29 is 203 Å². The molecule has 101 heavy (non-hydrogen) atoms. The van der Waals surface area contributed by atoms with Gasteiger partial charge in [0.2, 0.25) is 23.6 Å². The van der Waals surface area contributed by atoms with Crippen molar-refractivity contribution >= 4 is 23.6 Å². The number of carbonyl (C=O) groups excluding carboxylic acids is 4. The Morgan fingerprint density at radius 2 is 0.564 bits per heavy atom. The van der Waals surface area contributed by atoms with Gasteiger partial charge in [0.25, 0.3) is 0 Å². The van der Waals surface area contributed by atoms with E-state index in [-0.39, 0.29) is 0 Å². The van der Waals surface area contributed by atoms with Gasteiger partial charge in [-0.1, -0.05) is 0 Å². The summed E-state index contributed by atoms with van der Waals surface area (Å²) in [6.07, 6.45) is -76.3. The summed E-state index contributed by atoms with van der Waals surface area (Å²) in [7, 11) is 0. The number of carbonyl (C=O) groups is 4. The Hall–Kier alpha value is -3.60. The number of ether oxygens (including phenoxy) is 15. The van der Waals surface area contributed by atoms with E-state index in [1.165, 1.54) is 0 Å². The molecule has 4 amide bonds. The van der Waals surface area contributed by atoms with Gasteiger partial charge in [0.15, 0.2) is 50.3 Å². The fourth-order valence-corrected chi connectivity index (χ4v) is 13.0. The third-order valence-corrected chi connectivity index (χ3v) is 18.2. The molecule has 8 aliphatic rings. The van der Waals surface area contributed by atoms with Crippen molar-refractivity contribution in [3.63, 3.8) is 0 Å². The zero-order chi connectivity index (χ0) is 74.5. The Kier molecular flexibility index (Phi) is 29.9. The van der Waals surface area contributed by atoms with Crippen molar-refractivity contribution in [1.82, 2.24) is 21.3 Å². The maximum absolute atomic E-state index is 13.0. The highest BCUT2D eigenvalue weighted by molar-refractivity contribution is 5.74. The van der Waals surface area contributed by atoms with E-state index in [0.717, 1.165) is 27.7 Å². The molecule has 26 N–H and O–H groups in total. The number of hydrogen-bond donors (Lipinski definition) is 26. The van der Waals surface area contributed by atoms with Gasteiger partial charge in [-0.15, -0.1) is 0 Å². The second kappa shape index (κ2) is 36.3. The molecular weight excluding hydrogens is 1380 g/mol. The molecule has 0 aromatic carbocycles. The number of aliphatic hydroxyl groups is 22. The molecule has 8 rings (SSSR count). The molecule has 40 atom stereocenters. The lowest BCUT2D eigenvalue weighted by atomic mass is 9.93. The zero-order valence-electron chi connectivity index (χ0n) is 54.3. The lowest BCUT2D eigenvalue weighted by Gasteiger charge is -2.52. The molecule has 8 saturated heterocycles. The van der Waals surface area contributed by atoms with Crippen LogP contribution in [0.5, 0.6) is 0 Å². The average molecular weight is 1480 g/mol. The molecule has 584 valence electrons. The van der Waals surface area contributed by atoms with E-state index >= 15 is 0 Å². The highest BCUT2D eigenvalue weighted by Gasteiger charge is 2.61. The third-order valence-electron chi connectivity index (χ3n) is 18.2. The minimum absolute atomic E-state index is 0.866. The van der Waals surface area contributed by atoms with Crippen LogP contribution in [0.1, 0.15) is 27.7 Å². The molecule has 0 aromatic rings. The predicted molar refractivity (Wildman–Crippen MR) is 311 cm³/mol. The summed E-state index contributed by atoms with van der Waals surface area (Å²) >= 11 is 0. The van der Waals surface area contributed by atoms with Crippen molar-refractivity contribution in [2.45, 2.75) is 273 Å². The van der Waals surface area contributed by atoms with E-state index < -0.39 is 322 Å². The lowest BCUT2D eigenvalue weighted by molar-refractivity contribution is -0.411. The quantitative estimate of drug-likeness (QED) is 0.0382. The molecule has 0 bridgehead atoms. The van der Waals surface area contributed by atoms with Crippen molar-refractivity contribution in [3.05, 3.63) is 0 Å². The standard InChI is InChI=1S/C56H94N4O41/c1-13(68)57-25-37(80)43(22(10-66)88-49(25)86)97-55-42(85)47(100-56-48(101-52-28(60-16(4)71)36(79)31(74)19(7-63)91-52)40(83)44(23(11-67)94-56)96-50-26(58-14(2)69)34(77)29(72)17(5-61)89-50)45(98-51-27(59-15(3)70)35(78)30(73)18(6-62)90-51)24(95-55)12-87-53-41(84)46(33(76)21(9-65)92-53)99-54-39(82)38(81)32(75)20(8-64)93-54/h17-56,61-67,72-86H,5-12H2,1-4H3,(H,57,68)(H,58,69)(H,59,70)(H,60,71)/t17-,18-,19-,20-,21-,22-,23-,24-,25-,26-,27-,28-,29-,30-,31-,32-,33-,34-,35-,36-,37-,38+,39+,40+,41+,42+,43-,44-,45-,46+,47-,48+,49-,50+,51+,52+,53+,54-,55+,56-/m1/s1. The van der Waals surface area contributed by atoms with Crippen LogP contribution in [0.2, 0.25) is 0 Å². The fraction of sp³-hybridized carbons (Fsp3) is 0.929. The Morgan fingerprint density at radius 1 is 0.257 bits per heavy atom. The summed E-state index contributed by atoms with van der Waals surface area (Å²) in [4.78, 5) is 50.7. The average Bonchev–Trinajstić information content (AvgIpc) is 0.767. The van der Waals surface area contributed by atoms with Gasteiger partial charge in [-0.25, -0.2) is 0 Å². The molecule has 8 aliphatic heterocycles. The van der Waals surface area contributed by atoms with E-state index in [9.17, 15) is 132 Å². The second-order valence-corrected chi connectivity index (χ2v) is 25.4. The number of nitrogens with one attached hydrogen (secondary N) is 4. The first kappa shape index (κ1) is 83.0. The summed E-state index contributed by atoms with van der Waals surface area (Å²) in [5.74, 6) is -3.61. The van der Waals surface area contributed by atoms with Gasteiger partial charge < -0.3 is 205 Å². The van der Waals surface area contributed by atoms with Crippen molar-refractivity contribution in [2.75, 3.05) is 52.9 Å². The molecule has 0 aliphatic carbocycles. The molecule has 0 radical (unpaired) electrons. The van der Waals surface area contributed by atoms with Crippen molar-refractivity contribution in [1.29, 1.82) is 0 Å². The van der Waals surface area contributed by atoms with Crippen LogP contribution in [0.25, 0.3) is 0 Å². The Labute approximate surface area is 572 Å². The minimum Gasteiger partial charge on any atom is -0.394 e. The van der Waals surface area contributed by atoms with Gasteiger partial charge in [-0.2, -0.15) is 0 Å². The number of amides is 4. The van der Waals surface area contributed by atoms with Crippen LogP contribution in [-0.2, 0) is 90.2 Å². The van der Waals surface area contributed by atoms with Crippen molar-refractivity contribution in [2.24, 2.45) is 0 Å². The normalized spacial score (nSPS) is 48.3. The predicted octanol–water partition coefficient (Wildman–Crippen LogP) is -17.9. The van der Waals surface area contributed by atoms with Crippen LogP contribution in [0.4, 0.5) is 0 Å². The van der Waals surface area contributed by atoms with Crippen molar-refractivity contribution in [3.8, 4) is 0 Å². The van der Waals surface area contributed by atoms with E-state index in [4.69, 9.17) is 71.1 Å². The number of aliphatic hydroxyl groups excluding tert-OH is 22. The summed E-state index contributed by atoms with van der Waals surface area (Å²) < 4.78 is 90.5. The van der Waals surface area contributed by atoms with E-state index in [1.807, 2.05) is 0 Å². The zero-order valence-corrected chi connectivity index (χ0v) is 54.3. The summed E-state index contributed by atoms with van der Waals surface area (Å²) in [6, 6.07) is -7.43. The number of hydrogen-bond acceptors (Lipinski definition) is 41. The Bertz CT molecular complexity index is 2640. The molecule has 8 fully saturated rings. The maximum atomic E-state index is 13.0. The highest BCUT2D eigenvalue weighted by Crippen LogP contribution is 2.40. The molecule has 8 heterocycles. The van der Waals surface area contributed by atoms with Gasteiger partial charge >= 0.3 is 0 Å². The highest BCUT2D eigenvalue weighted by atomic mass is 16.8. The third kappa shape index (κ3) is 18.5. The first-order valence-corrected chi connectivity index (χ1v) is 32.1. The van der Waals surface area contributed by atoms with Gasteiger partial charge in [-0.05, 0) is 0 Å². The summed E-state index contributed by atoms with van der Waals surface area (Å²) in [5, 5.41) is 254. The van der Waals surface area contributed by atoms with E-state index in [1.54, 1.807) is 0 Å². The van der Waals surface area contributed by atoms with Gasteiger partial charge in [0, 0.05) is 27.7 Å². The van der Waals surface area contributed by atoms with Gasteiger partial charge in [0.05, 0.1) is 52.9 Å². The molecule has 0 aromatic heterocycles.